The van der Waals surface area contributed by atoms with Gasteiger partial charge in [-0.3, -0.25) is 0 Å². The Hall–Kier alpha value is -1.29. The third kappa shape index (κ3) is 3.40. The molecule has 4 heteroatoms. The van der Waals surface area contributed by atoms with E-state index in [9.17, 15) is 0 Å². The minimum absolute atomic E-state index is 0.723. The van der Waals surface area contributed by atoms with Gasteiger partial charge in [-0.05, 0) is 25.5 Å². The number of aromatic nitrogens is 1. The molecule has 1 aromatic heterocycles. The molecule has 1 aromatic rings. The van der Waals surface area contributed by atoms with Gasteiger partial charge in [0.2, 0.25) is 0 Å². The van der Waals surface area contributed by atoms with Gasteiger partial charge < -0.3 is 15.4 Å². The number of rotatable bonds is 5. The second-order valence-electron chi connectivity index (χ2n) is 3.63. The lowest BCUT2D eigenvalue weighted by Gasteiger charge is -2.19. The fourth-order valence-electron chi connectivity index (χ4n) is 1.41. The molecule has 15 heavy (non-hydrogen) atoms. The summed E-state index contributed by atoms with van der Waals surface area (Å²) in [5, 5.41) is 0. The summed E-state index contributed by atoms with van der Waals surface area (Å²) in [4.78, 5) is 6.47. The first-order valence-electron chi connectivity index (χ1n) is 5.08. The lowest BCUT2D eigenvalue weighted by molar-refractivity contribution is 0.196. The molecular formula is C11H19N3O. The first-order chi connectivity index (χ1) is 7.15. The zero-order valence-corrected chi connectivity index (χ0v) is 9.66. The number of nitrogens with two attached hydrogens (primary N) is 1. The van der Waals surface area contributed by atoms with E-state index in [1.54, 1.807) is 7.11 Å². The van der Waals surface area contributed by atoms with E-state index in [2.05, 4.69) is 9.88 Å². The van der Waals surface area contributed by atoms with Crippen molar-refractivity contribution in [1.82, 2.24) is 4.98 Å². The number of nitrogen functional groups attached to an aromatic ring is 1. The first-order valence-corrected chi connectivity index (χ1v) is 5.08. The average molecular weight is 209 g/mol. The highest BCUT2D eigenvalue weighted by atomic mass is 16.5. The van der Waals surface area contributed by atoms with Gasteiger partial charge in [-0.15, -0.1) is 0 Å². The van der Waals surface area contributed by atoms with Crippen LogP contribution in [0.25, 0.3) is 0 Å². The van der Waals surface area contributed by atoms with E-state index in [1.807, 2.05) is 26.1 Å². The molecule has 0 amide bonds. The largest absolute Gasteiger partial charge is 0.396 e. The van der Waals surface area contributed by atoms with Crippen molar-refractivity contribution in [3.05, 3.63) is 17.8 Å². The quantitative estimate of drug-likeness (QED) is 0.746. The number of hydrogen-bond acceptors (Lipinski definition) is 4. The van der Waals surface area contributed by atoms with Crippen LogP contribution in [-0.2, 0) is 4.74 Å². The predicted molar refractivity (Wildman–Crippen MR) is 63.1 cm³/mol. The van der Waals surface area contributed by atoms with Crippen molar-refractivity contribution in [2.75, 3.05) is 37.9 Å². The third-order valence-corrected chi connectivity index (χ3v) is 2.25. The van der Waals surface area contributed by atoms with Crippen LogP contribution in [0.4, 0.5) is 11.5 Å². The fourth-order valence-corrected chi connectivity index (χ4v) is 1.41. The molecule has 0 atom stereocenters. The minimum atomic E-state index is 0.723. The molecule has 0 unspecified atom stereocenters. The Morgan fingerprint density at radius 2 is 2.20 bits per heavy atom. The topological polar surface area (TPSA) is 51.4 Å². The van der Waals surface area contributed by atoms with Crippen molar-refractivity contribution in [3.8, 4) is 0 Å². The van der Waals surface area contributed by atoms with E-state index >= 15 is 0 Å². The number of aryl methyl sites for hydroxylation is 1. The van der Waals surface area contributed by atoms with Gasteiger partial charge in [0.1, 0.15) is 0 Å². The van der Waals surface area contributed by atoms with E-state index in [0.717, 1.165) is 36.8 Å². The summed E-state index contributed by atoms with van der Waals surface area (Å²) in [6.45, 7) is 3.62. The van der Waals surface area contributed by atoms with Crippen LogP contribution in [0.5, 0.6) is 0 Å². The van der Waals surface area contributed by atoms with Gasteiger partial charge in [0.25, 0.3) is 0 Å². The highest BCUT2D eigenvalue weighted by Gasteiger charge is 2.06. The van der Waals surface area contributed by atoms with E-state index in [-0.39, 0.29) is 0 Å². The lowest BCUT2D eigenvalue weighted by Crippen LogP contribution is -2.22. The Morgan fingerprint density at radius 1 is 1.47 bits per heavy atom. The van der Waals surface area contributed by atoms with Crippen molar-refractivity contribution in [2.45, 2.75) is 13.3 Å². The van der Waals surface area contributed by atoms with Crippen LogP contribution in [-0.4, -0.2) is 32.3 Å². The molecule has 1 rings (SSSR count). The van der Waals surface area contributed by atoms with Gasteiger partial charge in [-0.1, -0.05) is 0 Å². The number of nitrogens with zero attached hydrogens (tertiary/aromatic N) is 2. The Morgan fingerprint density at radius 3 is 2.87 bits per heavy atom. The SMILES string of the molecule is COCCCN(C)c1nc(C)ccc1N. The number of hydrogen-bond donors (Lipinski definition) is 1. The van der Waals surface area contributed by atoms with Gasteiger partial charge in [0, 0.05) is 33.0 Å². The highest BCUT2D eigenvalue weighted by molar-refractivity contribution is 5.62. The summed E-state index contributed by atoms with van der Waals surface area (Å²) in [5.41, 5.74) is 7.57. The van der Waals surface area contributed by atoms with Crippen LogP contribution in [0, 0.1) is 6.92 Å². The molecule has 0 saturated heterocycles. The predicted octanol–water partition coefficient (Wildman–Crippen LogP) is 1.44. The average Bonchev–Trinajstić information content (AvgIpc) is 2.22. The minimum Gasteiger partial charge on any atom is -0.396 e. The summed E-state index contributed by atoms with van der Waals surface area (Å²) in [6, 6.07) is 3.81. The van der Waals surface area contributed by atoms with Crippen molar-refractivity contribution < 1.29 is 4.74 Å². The van der Waals surface area contributed by atoms with Gasteiger partial charge in [0.15, 0.2) is 5.82 Å². The number of ether oxygens (including phenoxy) is 1. The second kappa shape index (κ2) is 5.56. The summed E-state index contributed by atoms with van der Waals surface area (Å²) in [5.74, 6) is 0.853. The van der Waals surface area contributed by atoms with Crippen molar-refractivity contribution in [3.63, 3.8) is 0 Å². The van der Waals surface area contributed by atoms with Crippen molar-refractivity contribution in [1.29, 1.82) is 0 Å². The van der Waals surface area contributed by atoms with Crippen LogP contribution in [0.3, 0.4) is 0 Å². The maximum absolute atomic E-state index is 5.86. The molecule has 2 N–H and O–H groups in total. The lowest BCUT2D eigenvalue weighted by atomic mass is 10.3. The van der Waals surface area contributed by atoms with Gasteiger partial charge in [-0.2, -0.15) is 0 Å². The Bertz CT molecular complexity index is 315. The molecule has 0 spiro atoms. The molecule has 84 valence electrons. The standard InChI is InChI=1S/C11H19N3O/c1-9-5-6-10(12)11(13-9)14(2)7-4-8-15-3/h5-6H,4,7-8,12H2,1-3H3. The summed E-state index contributed by atoms with van der Waals surface area (Å²) < 4.78 is 5.00. The van der Waals surface area contributed by atoms with Crippen LogP contribution in [0.2, 0.25) is 0 Å². The van der Waals surface area contributed by atoms with E-state index < -0.39 is 0 Å². The first kappa shape index (κ1) is 11.8. The molecule has 0 bridgehead atoms. The van der Waals surface area contributed by atoms with Gasteiger partial charge >= 0.3 is 0 Å². The molecule has 0 aromatic carbocycles. The zero-order valence-electron chi connectivity index (χ0n) is 9.66. The molecule has 1 heterocycles. The van der Waals surface area contributed by atoms with E-state index in [4.69, 9.17) is 10.5 Å². The normalized spacial score (nSPS) is 10.3. The molecule has 0 fully saturated rings. The molecule has 0 aliphatic rings. The molecular weight excluding hydrogens is 190 g/mol. The third-order valence-electron chi connectivity index (χ3n) is 2.25. The Kier molecular flexibility index (Phi) is 4.37. The fraction of sp³-hybridized carbons (Fsp3) is 0.545. The van der Waals surface area contributed by atoms with Crippen molar-refractivity contribution in [2.24, 2.45) is 0 Å². The number of methoxy groups -OCH3 is 1. The summed E-state index contributed by atoms with van der Waals surface area (Å²) >= 11 is 0. The maximum atomic E-state index is 5.86. The second-order valence-corrected chi connectivity index (χ2v) is 3.63. The maximum Gasteiger partial charge on any atom is 0.151 e. The van der Waals surface area contributed by atoms with Gasteiger partial charge in [-0.25, -0.2) is 4.98 Å². The monoisotopic (exact) mass is 209 g/mol. The van der Waals surface area contributed by atoms with Crippen LogP contribution >= 0.6 is 0 Å². The molecule has 0 aliphatic carbocycles. The highest BCUT2D eigenvalue weighted by Crippen LogP contribution is 2.19. The summed E-state index contributed by atoms with van der Waals surface area (Å²) in [7, 11) is 3.70. The number of pyridine rings is 1. The van der Waals surface area contributed by atoms with Gasteiger partial charge in [0.05, 0.1) is 5.69 Å². The molecule has 0 saturated carbocycles. The smallest absolute Gasteiger partial charge is 0.151 e. The van der Waals surface area contributed by atoms with E-state index in [0.29, 0.717) is 0 Å². The Labute approximate surface area is 91.1 Å². The zero-order chi connectivity index (χ0) is 11.3. The van der Waals surface area contributed by atoms with E-state index in [1.165, 1.54) is 0 Å². The Balaban J connectivity index is 2.64. The summed E-state index contributed by atoms with van der Waals surface area (Å²) in [6.07, 6.45) is 0.974. The van der Waals surface area contributed by atoms with Crippen LogP contribution < -0.4 is 10.6 Å². The van der Waals surface area contributed by atoms with Crippen LogP contribution in [0.15, 0.2) is 12.1 Å². The molecule has 0 radical (unpaired) electrons. The van der Waals surface area contributed by atoms with Crippen LogP contribution in [0.1, 0.15) is 12.1 Å². The molecule has 0 aliphatic heterocycles. The molecule has 4 nitrogen and oxygen atoms in total. The number of anilines is 2. The van der Waals surface area contributed by atoms with Crippen molar-refractivity contribution >= 4 is 11.5 Å².